The minimum atomic E-state index is -0.376. The Kier molecular flexibility index (Phi) is 6.94. The highest BCUT2D eigenvalue weighted by molar-refractivity contribution is 7.80. The average molecular weight is 497 g/mol. The summed E-state index contributed by atoms with van der Waals surface area (Å²) < 4.78 is 22.8. The van der Waals surface area contributed by atoms with E-state index in [9.17, 15) is 4.79 Å². The number of ether oxygens (including phenoxy) is 3. The van der Waals surface area contributed by atoms with Crippen LogP contribution < -0.4 is 25.2 Å². The van der Waals surface area contributed by atoms with Crippen molar-refractivity contribution in [3.63, 3.8) is 0 Å². The van der Waals surface area contributed by atoms with Gasteiger partial charge in [0.1, 0.15) is 17.9 Å². The van der Waals surface area contributed by atoms with E-state index < -0.39 is 0 Å². The van der Waals surface area contributed by atoms with Crippen molar-refractivity contribution in [2.75, 3.05) is 27.4 Å². The smallest absolute Gasteiger partial charge is 0.336 e. The Labute approximate surface area is 211 Å². The van der Waals surface area contributed by atoms with Gasteiger partial charge in [-0.1, -0.05) is 0 Å². The second-order valence-corrected chi connectivity index (χ2v) is 10.1. The van der Waals surface area contributed by atoms with Gasteiger partial charge in [-0.25, -0.2) is 4.79 Å². The third-order valence-electron chi connectivity index (χ3n) is 6.08. The van der Waals surface area contributed by atoms with Crippen LogP contribution in [-0.2, 0) is 6.42 Å². The second kappa shape index (κ2) is 9.77. The molecular weight excluding hydrogens is 464 g/mol. The zero-order valence-electron chi connectivity index (χ0n) is 21.1. The van der Waals surface area contributed by atoms with Gasteiger partial charge < -0.3 is 28.8 Å². The first-order chi connectivity index (χ1) is 16.6. The van der Waals surface area contributed by atoms with Gasteiger partial charge >= 0.3 is 5.63 Å². The van der Waals surface area contributed by atoms with Gasteiger partial charge in [-0.05, 0) is 87.3 Å². The molecule has 0 bridgehead atoms. The number of nitrogens with zero attached hydrogens (tertiary/aromatic N) is 1. The fraction of sp³-hybridized carbons (Fsp3) is 0.407. The lowest BCUT2D eigenvalue weighted by Crippen LogP contribution is -2.52. The largest absolute Gasteiger partial charge is 0.493 e. The Morgan fingerprint density at radius 1 is 1.14 bits per heavy atom. The third kappa shape index (κ3) is 5.37. The number of hydrogen-bond acceptors (Lipinski definition) is 6. The number of fused-ring (bicyclic) bond motifs is 2. The lowest BCUT2D eigenvalue weighted by Gasteiger charge is -2.41. The highest BCUT2D eigenvalue weighted by Crippen LogP contribution is 2.38. The molecule has 0 fully saturated rings. The number of thiocarbonyl (C=S) groups is 1. The SMILES string of the molecule is COc1cc2c(cc1OC)C(COc1ccc3c(C)cc(=O)oc3c1)N(C(=S)NC(C)(C)C)CC2. The minimum Gasteiger partial charge on any atom is -0.493 e. The maximum Gasteiger partial charge on any atom is 0.336 e. The summed E-state index contributed by atoms with van der Waals surface area (Å²) in [5, 5.41) is 4.99. The molecule has 0 spiro atoms. The van der Waals surface area contributed by atoms with E-state index in [1.165, 1.54) is 11.6 Å². The molecule has 7 nitrogen and oxygen atoms in total. The van der Waals surface area contributed by atoms with Crippen molar-refractivity contribution in [3.8, 4) is 17.2 Å². The van der Waals surface area contributed by atoms with Crippen LogP contribution in [0.2, 0.25) is 0 Å². The van der Waals surface area contributed by atoms with Crippen LogP contribution in [0.4, 0.5) is 0 Å². The van der Waals surface area contributed by atoms with Crippen molar-refractivity contribution in [3.05, 3.63) is 63.5 Å². The zero-order chi connectivity index (χ0) is 25.3. The average Bonchev–Trinajstić information content (AvgIpc) is 2.79. The standard InChI is InChI=1S/C27H32N2O5S/c1-16-11-25(30)34-22-13-18(7-8-19(16)22)33-15-21-20-14-24(32-6)23(31-5)12-17(20)9-10-29(21)26(35)28-27(2,3)4/h7-8,11-14,21H,9-10,15H2,1-6H3,(H,28,35). The second-order valence-electron chi connectivity index (χ2n) is 9.76. The van der Waals surface area contributed by atoms with E-state index in [1.807, 2.05) is 31.2 Å². The van der Waals surface area contributed by atoms with E-state index in [0.29, 0.717) is 34.6 Å². The van der Waals surface area contributed by atoms with Crippen LogP contribution in [0.1, 0.15) is 43.5 Å². The van der Waals surface area contributed by atoms with Gasteiger partial charge in [-0.3, -0.25) is 0 Å². The van der Waals surface area contributed by atoms with Crippen molar-refractivity contribution < 1.29 is 18.6 Å². The lowest BCUT2D eigenvalue weighted by atomic mass is 9.92. The Balaban J connectivity index is 1.68. The normalized spacial score (nSPS) is 15.5. The molecule has 1 unspecified atom stereocenters. The molecule has 4 rings (SSSR count). The van der Waals surface area contributed by atoms with E-state index in [0.717, 1.165) is 29.5 Å². The Bertz CT molecular complexity index is 1310. The molecule has 0 saturated heterocycles. The van der Waals surface area contributed by atoms with Crippen molar-refractivity contribution in [1.29, 1.82) is 0 Å². The van der Waals surface area contributed by atoms with Crippen molar-refractivity contribution >= 4 is 28.3 Å². The summed E-state index contributed by atoms with van der Waals surface area (Å²) in [6.45, 7) is 9.23. The molecule has 0 aliphatic carbocycles. The molecule has 2 aromatic carbocycles. The van der Waals surface area contributed by atoms with Crippen LogP contribution in [0.3, 0.4) is 0 Å². The quantitative estimate of drug-likeness (QED) is 0.400. The first kappa shape index (κ1) is 24.9. The predicted octanol–water partition coefficient (Wildman–Crippen LogP) is 4.77. The summed E-state index contributed by atoms with van der Waals surface area (Å²) >= 11 is 5.81. The van der Waals surface area contributed by atoms with Crippen LogP contribution in [0.25, 0.3) is 11.0 Å². The number of aryl methyl sites for hydroxylation is 1. The van der Waals surface area contributed by atoms with Gasteiger partial charge in [0, 0.05) is 29.6 Å². The molecule has 1 aliphatic heterocycles. The maximum atomic E-state index is 11.8. The van der Waals surface area contributed by atoms with E-state index in [2.05, 4.69) is 31.0 Å². The van der Waals surface area contributed by atoms with Crippen LogP contribution >= 0.6 is 12.2 Å². The Hall–Kier alpha value is -3.26. The summed E-state index contributed by atoms with van der Waals surface area (Å²) in [5.74, 6) is 1.99. The van der Waals surface area contributed by atoms with Gasteiger partial charge in [-0.2, -0.15) is 0 Å². The highest BCUT2D eigenvalue weighted by Gasteiger charge is 2.32. The molecule has 186 valence electrons. The molecule has 2 heterocycles. The number of hydrogen-bond donors (Lipinski definition) is 1. The van der Waals surface area contributed by atoms with E-state index in [4.69, 9.17) is 30.8 Å². The number of rotatable bonds is 5. The first-order valence-corrected chi connectivity index (χ1v) is 12.0. The van der Waals surface area contributed by atoms with Crippen LogP contribution in [0, 0.1) is 6.92 Å². The van der Waals surface area contributed by atoms with E-state index in [-0.39, 0.29) is 17.2 Å². The zero-order valence-corrected chi connectivity index (χ0v) is 21.9. The van der Waals surface area contributed by atoms with Gasteiger partial charge in [0.05, 0.1) is 20.3 Å². The summed E-state index contributed by atoms with van der Waals surface area (Å²) in [5.41, 5.74) is 3.08. The molecule has 8 heteroatoms. The van der Waals surface area contributed by atoms with Gasteiger partial charge in [-0.15, -0.1) is 0 Å². The maximum absolute atomic E-state index is 11.8. The number of methoxy groups -OCH3 is 2. The molecule has 1 N–H and O–H groups in total. The summed E-state index contributed by atoms with van der Waals surface area (Å²) in [4.78, 5) is 14.0. The third-order valence-corrected chi connectivity index (χ3v) is 6.41. The Morgan fingerprint density at radius 2 is 1.86 bits per heavy atom. The monoisotopic (exact) mass is 496 g/mol. The van der Waals surface area contributed by atoms with Gasteiger partial charge in [0.15, 0.2) is 16.6 Å². The minimum absolute atomic E-state index is 0.152. The Morgan fingerprint density at radius 3 is 2.54 bits per heavy atom. The fourth-order valence-corrected chi connectivity index (χ4v) is 4.94. The molecule has 1 aromatic heterocycles. The van der Waals surface area contributed by atoms with Gasteiger partial charge in [0.2, 0.25) is 0 Å². The molecule has 0 amide bonds. The summed E-state index contributed by atoms with van der Waals surface area (Å²) in [7, 11) is 3.27. The van der Waals surface area contributed by atoms with Crippen LogP contribution in [0.15, 0.2) is 45.6 Å². The van der Waals surface area contributed by atoms with Crippen molar-refractivity contribution in [1.82, 2.24) is 10.2 Å². The molecule has 3 aromatic rings. The first-order valence-electron chi connectivity index (χ1n) is 11.6. The van der Waals surface area contributed by atoms with Crippen molar-refractivity contribution in [2.45, 2.75) is 45.7 Å². The predicted molar refractivity (Wildman–Crippen MR) is 141 cm³/mol. The molecule has 35 heavy (non-hydrogen) atoms. The summed E-state index contributed by atoms with van der Waals surface area (Å²) in [6, 6.07) is 11.0. The van der Waals surface area contributed by atoms with Crippen molar-refractivity contribution in [2.24, 2.45) is 0 Å². The molecular formula is C27H32N2O5S. The summed E-state index contributed by atoms with van der Waals surface area (Å²) in [6.07, 6.45) is 0.818. The topological polar surface area (TPSA) is 73.2 Å². The number of nitrogens with one attached hydrogen (secondary N) is 1. The van der Waals surface area contributed by atoms with Gasteiger partial charge in [0.25, 0.3) is 0 Å². The van der Waals surface area contributed by atoms with E-state index in [1.54, 1.807) is 20.3 Å². The number of benzene rings is 2. The van der Waals surface area contributed by atoms with Crippen LogP contribution in [-0.4, -0.2) is 42.9 Å². The molecule has 1 aliphatic rings. The highest BCUT2D eigenvalue weighted by atomic mass is 32.1. The fourth-order valence-electron chi connectivity index (χ4n) is 4.41. The van der Waals surface area contributed by atoms with E-state index >= 15 is 0 Å². The molecule has 1 atom stereocenters. The lowest BCUT2D eigenvalue weighted by molar-refractivity contribution is 0.185. The molecule has 0 radical (unpaired) electrons. The molecule has 0 saturated carbocycles. The van der Waals surface area contributed by atoms with Crippen LogP contribution in [0.5, 0.6) is 17.2 Å².